The molecule has 2 nitrogen and oxygen atoms in total. The van der Waals surface area contributed by atoms with Crippen LogP contribution in [0, 0.1) is 11.8 Å². The molecular formula is C16H34O2. The molecule has 0 spiro atoms. The van der Waals surface area contributed by atoms with Gasteiger partial charge in [-0.3, -0.25) is 0 Å². The summed E-state index contributed by atoms with van der Waals surface area (Å²) in [5.41, 5.74) is -0.414. The highest BCUT2D eigenvalue weighted by Gasteiger charge is 2.40. The number of hydrogen-bond donors (Lipinski definition) is 0. The van der Waals surface area contributed by atoms with Crippen molar-refractivity contribution in [3.8, 4) is 0 Å². The van der Waals surface area contributed by atoms with E-state index >= 15 is 0 Å². The predicted molar refractivity (Wildman–Crippen MR) is 78.5 cm³/mol. The Balaban J connectivity index is 4.75. The molecule has 0 aromatic heterocycles. The Morgan fingerprint density at radius 2 is 1.33 bits per heavy atom. The highest BCUT2D eigenvalue weighted by molar-refractivity contribution is 4.86. The summed E-state index contributed by atoms with van der Waals surface area (Å²) >= 11 is 0. The van der Waals surface area contributed by atoms with E-state index < -0.39 is 0 Å². The highest BCUT2D eigenvalue weighted by atomic mass is 17.2. The van der Waals surface area contributed by atoms with Gasteiger partial charge < -0.3 is 0 Å². The monoisotopic (exact) mass is 258 g/mol. The fourth-order valence-electron chi connectivity index (χ4n) is 2.33. The molecule has 0 saturated heterocycles. The zero-order chi connectivity index (χ0) is 14.4. The van der Waals surface area contributed by atoms with E-state index in [2.05, 4.69) is 34.6 Å². The zero-order valence-electron chi connectivity index (χ0n) is 13.8. The van der Waals surface area contributed by atoms with Gasteiger partial charge in [-0.1, -0.05) is 53.9 Å². The molecule has 110 valence electrons. The summed E-state index contributed by atoms with van der Waals surface area (Å²) in [5, 5.41) is 0. The van der Waals surface area contributed by atoms with Crippen LogP contribution in [-0.4, -0.2) is 11.2 Å². The molecule has 18 heavy (non-hydrogen) atoms. The summed E-state index contributed by atoms with van der Waals surface area (Å²) < 4.78 is 0. The van der Waals surface area contributed by atoms with Crippen molar-refractivity contribution in [3.05, 3.63) is 0 Å². The van der Waals surface area contributed by atoms with E-state index in [9.17, 15) is 0 Å². The molecule has 0 saturated carbocycles. The van der Waals surface area contributed by atoms with Gasteiger partial charge in [-0.25, -0.2) is 9.78 Å². The molecule has 0 amide bonds. The number of unbranched alkanes of at least 4 members (excludes halogenated alkanes) is 2. The predicted octanol–water partition coefficient (Wildman–Crippen LogP) is 5.36. The molecule has 0 N–H and O–H groups in total. The third-order valence-electron chi connectivity index (χ3n) is 3.57. The Morgan fingerprint density at radius 3 is 1.67 bits per heavy atom. The summed E-state index contributed by atoms with van der Waals surface area (Å²) in [7, 11) is 0. The Kier molecular flexibility index (Phi) is 7.46. The van der Waals surface area contributed by atoms with Gasteiger partial charge in [0, 0.05) is 0 Å². The van der Waals surface area contributed by atoms with Crippen molar-refractivity contribution < 1.29 is 9.78 Å². The molecule has 0 rings (SSSR count). The van der Waals surface area contributed by atoms with Crippen LogP contribution in [0.1, 0.15) is 81.1 Å². The van der Waals surface area contributed by atoms with E-state index in [4.69, 9.17) is 9.78 Å². The molecule has 0 aromatic carbocycles. The number of hydrogen-bond acceptors (Lipinski definition) is 2. The van der Waals surface area contributed by atoms with Crippen LogP contribution in [0.5, 0.6) is 0 Å². The summed E-state index contributed by atoms with van der Waals surface area (Å²) in [6.07, 6.45) is 4.79. The van der Waals surface area contributed by atoms with Gasteiger partial charge in [0.15, 0.2) is 0 Å². The van der Waals surface area contributed by atoms with E-state index in [1.165, 1.54) is 19.3 Å². The largest absolute Gasteiger partial charge is 0.230 e. The van der Waals surface area contributed by atoms with Gasteiger partial charge in [0.1, 0.15) is 5.60 Å². The minimum Gasteiger partial charge on any atom is -0.230 e. The summed E-state index contributed by atoms with van der Waals surface area (Å²) in [4.78, 5) is 11.6. The lowest BCUT2D eigenvalue weighted by molar-refractivity contribution is -0.422. The molecule has 0 aromatic rings. The first-order valence-corrected chi connectivity index (χ1v) is 7.52. The van der Waals surface area contributed by atoms with Gasteiger partial charge in [0.05, 0.1) is 5.60 Å². The van der Waals surface area contributed by atoms with E-state index in [0.717, 1.165) is 6.42 Å². The van der Waals surface area contributed by atoms with Crippen LogP contribution in [-0.2, 0) is 9.78 Å². The lowest BCUT2D eigenvalue weighted by Gasteiger charge is -2.41. The summed E-state index contributed by atoms with van der Waals surface area (Å²) in [6.45, 7) is 17.3. The maximum atomic E-state index is 5.96. The molecule has 0 radical (unpaired) electrons. The van der Waals surface area contributed by atoms with Crippen LogP contribution in [0.15, 0.2) is 0 Å². The van der Waals surface area contributed by atoms with E-state index in [1.807, 2.05) is 20.8 Å². The lowest BCUT2D eigenvalue weighted by Crippen LogP contribution is -2.45. The molecule has 2 heteroatoms. The van der Waals surface area contributed by atoms with Crippen molar-refractivity contribution in [1.82, 2.24) is 0 Å². The highest BCUT2D eigenvalue weighted by Crippen LogP contribution is 2.37. The maximum Gasteiger partial charge on any atom is 0.108 e. The maximum absolute atomic E-state index is 5.96. The summed E-state index contributed by atoms with van der Waals surface area (Å²) in [5.74, 6) is 0.911. The van der Waals surface area contributed by atoms with Crippen molar-refractivity contribution in [3.63, 3.8) is 0 Å². The lowest BCUT2D eigenvalue weighted by atomic mass is 9.76. The van der Waals surface area contributed by atoms with Crippen molar-refractivity contribution in [2.45, 2.75) is 92.3 Å². The molecule has 0 aliphatic heterocycles. The van der Waals surface area contributed by atoms with Gasteiger partial charge in [-0.15, -0.1) is 0 Å². The first-order valence-electron chi connectivity index (χ1n) is 7.52. The topological polar surface area (TPSA) is 18.5 Å². The molecule has 0 fully saturated rings. The fourth-order valence-corrected chi connectivity index (χ4v) is 2.33. The van der Waals surface area contributed by atoms with Crippen molar-refractivity contribution in [2.75, 3.05) is 0 Å². The van der Waals surface area contributed by atoms with Crippen LogP contribution >= 0.6 is 0 Å². The van der Waals surface area contributed by atoms with Gasteiger partial charge in [-0.2, -0.15) is 0 Å². The van der Waals surface area contributed by atoms with Crippen LogP contribution in [0.4, 0.5) is 0 Å². The molecular weight excluding hydrogens is 224 g/mol. The second-order valence-electron chi connectivity index (χ2n) is 7.00. The second kappa shape index (κ2) is 7.49. The van der Waals surface area contributed by atoms with Gasteiger partial charge >= 0.3 is 0 Å². The second-order valence-corrected chi connectivity index (χ2v) is 7.00. The Hall–Kier alpha value is -0.0800. The van der Waals surface area contributed by atoms with Crippen LogP contribution in [0.3, 0.4) is 0 Å². The van der Waals surface area contributed by atoms with Crippen molar-refractivity contribution in [2.24, 2.45) is 11.8 Å². The molecule has 0 unspecified atom stereocenters. The quantitative estimate of drug-likeness (QED) is 0.331. The van der Waals surface area contributed by atoms with E-state index in [0.29, 0.717) is 11.8 Å². The van der Waals surface area contributed by atoms with Gasteiger partial charge in [-0.05, 0) is 39.0 Å². The van der Waals surface area contributed by atoms with Crippen LogP contribution in [0.25, 0.3) is 0 Å². The van der Waals surface area contributed by atoms with Crippen molar-refractivity contribution in [1.29, 1.82) is 0 Å². The average molecular weight is 258 g/mol. The van der Waals surface area contributed by atoms with Crippen molar-refractivity contribution >= 4 is 0 Å². The Labute approximate surface area is 114 Å². The summed E-state index contributed by atoms with van der Waals surface area (Å²) in [6, 6.07) is 0. The van der Waals surface area contributed by atoms with Crippen LogP contribution in [0.2, 0.25) is 0 Å². The standard InChI is InChI=1S/C16H34O2/c1-9-10-11-12-16(13(2)3,14(4)5)18-17-15(6,7)8/h13-14H,9-12H2,1-8H3. The zero-order valence-corrected chi connectivity index (χ0v) is 13.8. The molecule has 0 heterocycles. The third-order valence-corrected chi connectivity index (χ3v) is 3.57. The van der Waals surface area contributed by atoms with Gasteiger partial charge in [0.2, 0.25) is 0 Å². The van der Waals surface area contributed by atoms with Crippen LogP contribution < -0.4 is 0 Å². The first kappa shape index (κ1) is 17.9. The SMILES string of the molecule is CCCCCC(OOC(C)(C)C)(C(C)C)C(C)C. The number of rotatable bonds is 8. The van der Waals surface area contributed by atoms with E-state index in [1.54, 1.807) is 0 Å². The molecule has 0 atom stereocenters. The average Bonchev–Trinajstić information content (AvgIpc) is 2.20. The normalized spacial score (nSPS) is 13.7. The molecule has 0 aliphatic carbocycles. The third kappa shape index (κ3) is 5.71. The van der Waals surface area contributed by atoms with E-state index in [-0.39, 0.29) is 11.2 Å². The molecule has 0 aliphatic rings. The fraction of sp³-hybridized carbons (Fsp3) is 1.00. The first-order chi connectivity index (χ1) is 8.15. The molecule has 0 bridgehead atoms. The van der Waals surface area contributed by atoms with Gasteiger partial charge in [0.25, 0.3) is 0 Å². The smallest absolute Gasteiger partial charge is 0.108 e. The Bertz CT molecular complexity index is 206. The minimum atomic E-state index is -0.250. The minimum absolute atomic E-state index is 0.164. The Morgan fingerprint density at radius 1 is 0.833 bits per heavy atom.